The van der Waals surface area contributed by atoms with Crippen molar-refractivity contribution < 1.29 is 19.0 Å². The minimum atomic E-state index is -1.12. The number of ether oxygens (including phenoxy) is 3. The van der Waals surface area contributed by atoms with Crippen molar-refractivity contribution in [2.75, 3.05) is 0 Å². The minimum absolute atomic E-state index is 0.229. The van der Waals surface area contributed by atoms with E-state index in [-0.39, 0.29) is 10.9 Å². The quantitative estimate of drug-likeness (QED) is 0.216. The molecule has 1 unspecified atom stereocenters. The molecule has 3 aromatic carbocycles. The van der Waals surface area contributed by atoms with E-state index in [4.69, 9.17) is 14.2 Å². The Kier molecular flexibility index (Phi) is 7.52. The SMILES string of the molecule is CCC(C)(OC(=O)OC(C)(C)C)Oc1ccc([S+](c2ccccc2)c2ccccc2)cc1. The summed E-state index contributed by atoms with van der Waals surface area (Å²) in [6.45, 7) is 9.04. The fourth-order valence-electron chi connectivity index (χ4n) is 3.03. The van der Waals surface area contributed by atoms with Crippen molar-refractivity contribution >= 4 is 17.1 Å². The van der Waals surface area contributed by atoms with Gasteiger partial charge in [-0.05, 0) is 69.3 Å². The molecule has 0 heterocycles. The van der Waals surface area contributed by atoms with Gasteiger partial charge in [-0.2, -0.15) is 0 Å². The van der Waals surface area contributed by atoms with Gasteiger partial charge in [0.05, 0.1) is 10.9 Å². The third-order valence-electron chi connectivity index (χ3n) is 4.68. The molecule has 1 atom stereocenters. The van der Waals surface area contributed by atoms with E-state index >= 15 is 0 Å². The molecule has 0 aliphatic heterocycles. The van der Waals surface area contributed by atoms with Crippen LogP contribution in [0.15, 0.2) is 99.6 Å². The number of carbonyl (C=O) groups is 1. The zero-order valence-corrected chi connectivity index (χ0v) is 20.1. The van der Waals surface area contributed by atoms with Crippen molar-refractivity contribution in [2.24, 2.45) is 0 Å². The molecule has 0 bridgehead atoms. The largest absolute Gasteiger partial charge is 0.512 e. The van der Waals surface area contributed by atoms with Gasteiger partial charge in [0.25, 0.3) is 5.79 Å². The van der Waals surface area contributed by atoms with Crippen molar-refractivity contribution in [1.29, 1.82) is 0 Å². The maximum absolute atomic E-state index is 12.2. The van der Waals surface area contributed by atoms with Gasteiger partial charge in [0.2, 0.25) is 0 Å². The van der Waals surface area contributed by atoms with Crippen LogP contribution in [-0.2, 0) is 20.4 Å². The molecule has 3 rings (SSSR count). The highest BCUT2D eigenvalue weighted by Gasteiger charge is 2.33. The monoisotopic (exact) mass is 451 g/mol. The normalized spacial score (nSPS) is 13.3. The highest BCUT2D eigenvalue weighted by Crippen LogP contribution is 2.33. The number of benzene rings is 3. The van der Waals surface area contributed by atoms with Crippen molar-refractivity contribution in [3.8, 4) is 5.75 Å². The maximum Gasteiger partial charge on any atom is 0.512 e. The molecular weight excluding hydrogens is 420 g/mol. The lowest BCUT2D eigenvalue weighted by atomic mass is 10.2. The molecule has 4 nitrogen and oxygen atoms in total. The average Bonchev–Trinajstić information content (AvgIpc) is 2.75. The lowest BCUT2D eigenvalue weighted by molar-refractivity contribution is -0.156. The van der Waals surface area contributed by atoms with Crippen LogP contribution in [-0.4, -0.2) is 17.5 Å². The topological polar surface area (TPSA) is 44.8 Å². The summed E-state index contributed by atoms with van der Waals surface area (Å²) in [6, 6.07) is 28.9. The molecular formula is C27H31O4S+. The molecule has 0 radical (unpaired) electrons. The van der Waals surface area contributed by atoms with Crippen LogP contribution in [0.1, 0.15) is 41.0 Å². The fourth-order valence-corrected chi connectivity index (χ4v) is 5.11. The predicted molar refractivity (Wildman–Crippen MR) is 128 cm³/mol. The molecule has 0 N–H and O–H groups in total. The lowest BCUT2D eigenvalue weighted by Gasteiger charge is -2.30. The van der Waals surface area contributed by atoms with Gasteiger partial charge in [0, 0.05) is 13.3 Å². The number of rotatable bonds is 7. The summed E-state index contributed by atoms with van der Waals surface area (Å²) < 4.78 is 16.8. The summed E-state index contributed by atoms with van der Waals surface area (Å²) in [5, 5.41) is 0. The van der Waals surface area contributed by atoms with Gasteiger partial charge in [-0.15, -0.1) is 0 Å². The Morgan fingerprint density at radius 3 is 1.62 bits per heavy atom. The average molecular weight is 452 g/mol. The Morgan fingerprint density at radius 1 is 0.719 bits per heavy atom. The van der Waals surface area contributed by atoms with Crippen LogP contribution < -0.4 is 4.74 Å². The van der Waals surface area contributed by atoms with Gasteiger partial charge in [0.15, 0.2) is 14.7 Å². The zero-order chi connectivity index (χ0) is 23.2. The van der Waals surface area contributed by atoms with Crippen LogP contribution in [0, 0.1) is 0 Å². The molecule has 0 spiro atoms. The van der Waals surface area contributed by atoms with Gasteiger partial charge in [0.1, 0.15) is 11.4 Å². The van der Waals surface area contributed by atoms with E-state index in [0.717, 1.165) is 0 Å². The highest BCUT2D eigenvalue weighted by molar-refractivity contribution is 7.97. The van der Waals surface area contributed by atoms with E-state index in [1.807, 2.05) is 31.2 Å². The smallest absolute Gasteiger partial charge is 0.452 e. The summed E-state index contributed by atoms with van der Waals surface area (Å²) in [7, 11) is -0.229. The predicted octanol–water partition coefficient (Wildman–Crippen LogP) is 7.24. The van der Waals surface area contributed by atoms with E-state index in [9.17, 15) is 4.79 Å². The van der Waals surface area contributed by atoms with Crippen molar-refractivity contribution in [3.05, 3.63) is 84.9 Å². The number of carbonyl (C=O) groups excluding carboxylic acids is 1. The van der Waals surface area contributed by atoms with E-state index < -0.39 is 17.5 Å². The first-order valence-corrected chi connectivity index (χ1v) is 12.0. The van der Waals surface area contributed by atoms with Gasteiger partial charge in [-0.1, -0.05) is 43.3 Å². The zero-order valence-electron chi connectivity index (χ0n) is 19.3. The standard InChI is InChI=1S/C27H31O4S/c1-6-27(5,31-25(28)30-26(2,3)4)29-21-17-19-24(20-18-21)32(22-13-9-7-10-14-22)23-15-11-8-12-16-23/h7-20H,6H2,1-5H3/q+1. The highest BCUT2D eigenvalue weighted by atomic mass is 32.2. The van der Waals surface area contributed by atoms with Crippen LogP contribution in [0.4, 0.5) is 4.79 Å². The Labute approximate surface area is 193 Å². The van der Waals surface area contributed by atoms with Crippen molar-refractivity contribution in [2.45, 2.75) is 67.1 Å². The van der Waals surface area contributed by atoms with Crippen molar-refractivity contribution in [1.82, 2.24) is 0 Å². The minimum Gasteiger partial charge on any atom is -0.452 e. The molecule has 0 saturated carbocycles. The van der Waals surface area contributed by atoms with E-state index in [1.54, 1.807) is 27.7 Å². The Balaban J connectivity index is 1.81. The lowest BCUT2D eigenvalue weighted by Crippen LogP contribution is -2.39. The first-order valence-electron chi connectivity index (χ1n) is 10.7. The summed E-state index contributed by atoms with van der Waals surface area (Å²) >= 11 is 0. The van der Waals surface area contributed by atoms with Crippen LogP contribution in [0.2, 0.25) is 0 Å². The molecule has 168 valence electrons. The van der Waals surface area contributed by atoms with Crippen LogP contribution in [0.5, 0.6) is 5.75 Å². The summed E-state index contributed by atoms with van der Waals surface area (Å²) in [4.78, 5) is 15.8. The van der Waals surface area contributed by atoms with Gasteiger partial charge in [-0.3, -0.25) is 0 Å². The Bertz CT molecular complexity index is 958. The second-order valence-electron chi connectivity index (χ2n) is 8.56. The Morgan fingerprint density at radius 2 is 1.19 bits per heavy atom. The second-order valence-corrected chi connectivity index (χ2v) is 10.6. The van der Waals surface area contributed by atoms with Gasteiger partial charge < -0.3 is 14.2 Å². The Hall–Kier alpha value is -2.92. The molecule has 0 fully saturated rings. The van der Waals surface area contributed by atoms with Crippen molar-refractivity contribution in [3.63, 3.8) is 0 Å². The molecule has 32 heavy (non-hydrogen) atoms. The summed E-state index contributed by atoms with van der Waals surface area (Å²) in [6.07, 6.45) is -0.264. The third-order valence-corrected chi connectivity index (χ3v) is 6.91. The van der Waals surface area contributed by atoms with E-state index in [2.05, 4.69) is 60.7 Å². The van der Waals surface area contributed by atoms with Gasteiger partial charge >= 0.3 is 6.16 Å². The first kappa shape index (κ1) is 23.7. The number of hydrogen-bond acceptors (Lipinski definition) is 4. The molecule has 0 aliphatic carbocycles. The van der Waals surface area contributed by atoms with Crippen LogP contribution in [0.25, 0.3) is 0 Å². The summed E-state index contributed by atoms with van der Waals surface area (Å²) in [5.41, 5.74) is -0.627. The summed E-state index contributed by atoms with van der Waals surface area (Å²) in [5.74, 6) is -0.490. The number of hydrogen-bond donors (Lipinski definition) is 0. The third kappa shape index (κ3) is 6.54. The van der Waals surface area contributed by atoms with Crippen LogP contribution >= 0.6 is 0 Å². The van der Waals surface area contributed by atoms with E-state index in [1.165, 1.54) is 14.7 Å². The molecule has 0 aromatic heterocycles. The fraction of sp³-hybridized carbons (Fsp3) is 0.296. The molecule has 0 amide bonds. The second kappa shape index (κ2) is 10.1. The molecule has 0 aliphatic rings. The molecule has 5 heteroatoms. The first-order chi connectivity index (χ1) is 15.2. The maximum atomic E-state index is 12.2. The van der Waals surface area contributed by atoms with Gasteiger partial charge in [-0.25, -0.2) is 4.79 Å². The van der Waals surface area contributed by atoms with E-state index in [0.29, 0.717) is 12.2 Å². The van der Waals surface area contributed by atoms with Crippen LogP contribution in [0.3, 0.4) is 0 Å². The molecule has 0 saturated heterocycles. The molecule has 3 aromatic rings.